The lowest BCUT2D eigenvalue weighted by atomic mass is 9.74. The summed E-state index contributed by atoms with van der Waals surface area (Å²) in [6.45, 7) is 0. The molecule has 1 heterocycles. The summed E-state index contributed by atoms with van der Waals surface area (Å²) in [5.74, 6) is 1.90. The van der Waals surface area contributed by atoms with Gasteiger partial charge in [-0.15, -0.1) is 0 Å². The maximum absolute atomic E-state index is 5.05. The van der Waals surface area contributed by atoms with Gasteiger partial charge in [0.1, 0.15) is 0 Å². The highest BCUT2D eigenvalue weighted by molar-refractivity contribution is 6.15. The summed E-state index contributed by atoms with van der Waals surface area (Å²) in [6.07, 6.45) is 0. The average molecular weight is 918 g/mol. The van der Waals surface area contributed by atoms with E-state index in [1.807, 2.05) is 60.7 Å². The van der Waals surface area contributed by atoms with Gasteiger partial charge in [-0.25, -0.2) is 15.0 Å². The van der Waals surface area contributed by atoms with Gasteiger partial charge in [0.15, 0.2) is 17.5 Å². The summed E-state index contributed by atoms with van der Waals surface area (Å²) in [6, 6.07) is 101. The zero-order valence-corrected chi connectivity index (χ0v) is 39.5. The van der Waals surface area contributed by atoms with E-state index < -0.39 is 0 Å². The zero-order chi connectivity index (χ0) is 48.1. The first kappa shape index (κ1) is 43.7. The number of hydrogen-bond donors (Lipinski definition) is 0. The van der Waals surface area contributed by atoms with Crippen molar-refractivity contribution in [1.82, 2.24) is 15.0 Å². The van der Waals surface area contributed by atoms with Crippen LogP contribution >= 0.6 is 0 Å². The lowest BCUT2D eigenvalue weighted by Crippen LogP contribution is -2.02. The van der Waals surface area contributed by atoms with Gasteiger partial charge >= 0.3 is 0 Å². The van der Waals surface area contributed by atoms with Gasteiger partial charge in [-0.05, 0) is 107 Å². The van der Waals surface area contributed by atoms with Crippen molar-refractivity contribution in [3.8, 4) is 123 Å². The van der Waals surface area contributed by atoms with Crippen molar-refractivity contribution < 1.29 is 0 Å². The molecular weight excluding hydrogens is 871 g/mol. The highest BCUT2D eigenvalue weighted by Crippen LogP contribution is 2.56. The van der Waals surface area contributed by atoms with Gasteiger partial charge in [0.05, 0.1) is 0 Å². The molecule has 0 atom stereocenters. The van der Waals surface area contributed by atoms with E-state index in [-0.39, 0.29) is 0 Å². The van der Waals surface area contributed by atoms with Crippen molar-refractivity contribution in [3.63, 3.8) is 0 Å². The number of hydrogen-bond acceptors (Lipinski definition) is 3. The van der Waals surface area contributed by atoms with E-state index in [4.69, 9.17) is 15.0 Å². The topological polar surface area (TPSA) is 38.7 Å². The molecule has 0 unspecified atom stereocenters. The molecule has 12 rings (SSSR count). The highest BCUT2D eigenvalue weighted by atomic mass is 15.0. The minimum atomic E-state index is 0.625. The Kier molecular flexibility index (Phi) is 12.0. The van der Waals surface area contributed by atoms with Crippen molar-refractivity contribution >= 4 is 0 Å². The van der Waals surface area contributed by atoms with Crippen molar-refractivity contribution in [2.45, 2.75) is 0 Å². The summed E-state index contributed by atoms with van der Waals surface area (Å²) >= 11 is 0. The highest BCUT2D eigenvalue weighted by Gasteiger charge is 2.29. The molecular formula is C69H47N3. The van der Waals surface area contributed by atoms with E-state index in [1.54, 1.807) is 0 Å². The van der Waals surface area contributed by atoms with Crippen LogP contribution < -0.4 is 0 Å². The molecule has 0 saturated carbocycles. The van der Waals surface area contributed by atoms with Gasteiger partial charge < -0.3 is 0 Å². The molecule has 72 heavy (non-hydrogen) atoms. The minimum Gasteiger partial charge on any atom is -0.208 e. The number of nitrogens with zero attached hydrogens (tertiary/aromatic N) is 3. The second kappa shape index (κ2) is 19.8. The zero-order valence-electron chi connectivity index (χ0n) is 39.5. The Labute approximate surface area is 421 Å². The third kappa shape index (κ3) is 8.72. The maximum Gasteiger partial charge on any atom is 0.164 e. The third-order valence-corrected chi connectivity index (χ3v) is 13.3. The smallest absolute Gasteiger partial charge is 0.164 e. The molecule has 0 saturated heterocycles. The molecule has 0 aliphatic carbocycles. The van der Waals surface area contributed by atoms with Crippen LogP contribution in [0, 0.1) is 0 Å². The standard InChI is InChI=1S/C69H47N3/c1-8-25-48(26-9-1)61-62(49-27-10-2-11-28-49)64(51-31-14-4-15-32-51)66(65(52-33-16-5-17-34-52)63(61)50-29-12-3-13-30-50)59-43-23-41-57(46-59)55-39-22-40-56(45-55)58-42-24-44-60(47-58)69-71-67(53-35-18-6-19-36-53)70-68(72-69)54-37-20-7-21-38-54/h1-47H. The van der Waals surface area contributed by atoms with Crippen LogP contribution in [-0.2, 0) is 0 Å². The van der Waals surface area contributed by atoms with Crippen LogP contribution in [0.3, 0.4) is 0 Å². The van der Waals surface area contributed by atoms with Gasteiger partial charge in [-0.1, -0.05) is 267 Å². The molecule has 338 valence electrons. The molecule has 0 amide bonds. The maximum atomic E-state index is 5.05. The Hall–Kier alpha value is -9.57. The van der Waals surface area contributed by atoms with Crippen LogP contribution in [0.15, 0.2) is 285 Å². The van der Waals surface area contributed by atoms with E-state index in [0.717, 1.165) is 72.3 Å². The fraction of sp³-hybridized carbons (Fsp3) is 0. The van der Waals surface area contributed by atoms with Crippen LogP contribution in [0.1, 0.15) is 0 Å². The van der Waals surface area contributed by atoms with Gasteiger partial charge in [-0.2, -0.15) is 0 Å². The number of rotatable bonds is 11. The summed E-state index contributed by atoms with van der Waals surface area (Å²) in [5.41, 5.74) is 21.2. The average Bonchev–Trinajstić information content (AvgIpc) is 3.48. The SMILES string of the molecule is c1ccc(-c2nc(-c3ccccc3)nc(-c3cccc(-c4cccc(-c5cccc(-c6c(-c7ccccc7)c(-c7ccccc7)c(-c7ccccc7)c(-c7ccccc7)c6-c6ccccc6)c5)c4)c3)n2)cc1. The molecule has 11 aromatic carbocycles. The molecule has 1 aromatic heterocycles. The Balaban J connectivity index is 1.06. The van der Waals surface area contributed by atoms with Gasteiger partial charge in [-0.3, -0.25) is 0 Å². The van der Waals surface area contributed by atoms with Crippen LogP contribution in [0.2, 0.25) is 0 Å². The van der Waals surface area contributed by atoms with E-state index in [1.165, 1.54) is 33.4 Å². The van der Waals surface area contributed by atoms with Gasteiger partial charge in [0.25, 0.3) is 0 Å². The molecule has 0 aliphatic heterocycles. The van der Waals surface area contributed by atoms with Crippen LogP contribution in [0.25, 0.3) is 123 Å². The number of benzene rings is 11. The minimum absolute atomic E-state index is 0.625. The molecule has 0 fully saturated rings. The van der Waals surface area contributed by atoms with Crippen molar-refractivity contribution in [2.24, 2.45) is 0 Å². The molecule has 0 radical (unpaired) electrons. The summed E-state index contributed by atoms with van der Waals surface area (Å²) < 4.78 is 0. The molecule has 0 bridgehead atoms. The molecule has 12 aromatic rings. The van der Waals surface area contributed by atoms with Crippen LogP contribution in [0.4, 0.5) is 0 Å². The Morgan fingerprint density at radius 1 is 0.139 bits per heavy atom. The van der Waals surface area contributed by atoms with Crippen molar-refractivity contribution in [2.75, 3.05) is 0 Å². The number of aromatic nitrogens is 3. The Morgan fingerprint density at radius 3 is 0.611 bits per heavy atom. The summed E-state index contributed by atoms with van der Waals surface area (Å²) in [5, 5.41) is 0. The molecule has 3 heteroatoms. The predicted octanol–water partition coefficient (Wildman–Crippen LogP) is 18.2. The van der Waals surface area contributed by atoms with Crippen LogP contribution in [0.5, 0.6) is 0 Å². The monoisotopic (exact) mass is 917 g/mol. The Morgan fingerprint density at radius 2 is 0.319 bits per heavy atom. The first-order chi connectivity index (χ1) is 35.7. The van der Waals surface area contributed by atoms with E-state index in [2.05, 4.69) is 224 Å². The van der Waals surface area contributed by atoms with Gasteiger partial charge in [0, 0.05) is 16.7 Å². The van der Waals surface area contributed by atoms with E-state index >= 15 is 0 Å². The second-order valence-electron chi connectivity index (χ2n) is 17.9. The van der Waals surface area contributed by atoms with Crippen LogP contribution in [-0.4, -0.2) is 15.0 Å². The second-order valence-corrected chi connectivity index (χ2v) is 17.9. The van der Waals surface area contributed by atoms with Crippen molar-refractivity contribution in [1.29, 1.82) is 0 Å². The normalized spacial score (nSPS) is 11.1. The summed E-state index contributed by atoms with van der Waals surface area (Å²) in [7, 11) is 0. The fourth-order valence-electron chi connectivity index (χ4n) is 10.0. The first-order valence-corrected chi connectivity index (χ1v) is 24.4. The third-order valence-electron chi connectivity index (χ3n) is 13.3. The van der Waals surface area contributed by atoms with Gasteiger partial charge in [0.2, 0.25) is 0 Å². The first-order valence-electron chi connectivity index (χ1n) is 24.4. The van der Waals surface area contributed by atoms with E-state index in [0.29, 0.717) is 17.5 Å². The summed E-state index contributed by atoms with van der Waals surface area (Å²) in [4.78, 5) is 15.0. The fourth-order valence-corrected chi connectivity index (χ4v) is 10.0. The molecule has 0 aliphatic rings. The lowest BCUT2D eigenvalue weighted by molar-refractivity contribution is 1.07. The Bertz CT molecular complexity index is 3640. The van der Waals surface area contributed by atoms with E-state index in [9.17, 15) is 0 Å². The molecule has 0 spiro atoms. The van der Waals surface area contributed by atoms with Crippen molar-refractivity contribution in [3.05, 3.63) is 285 Å². The predicted molar refractivity (Wildman–Crippen MR) is 300 cm³/mol. The quantitative estimate of drug-likeness (QED) is 0.130. The largest absolute Gasteiger partial charge is 0.208 e. The lowest BCUT2D eigenvalue weighted by Gasteiger charge is -2.29. The molecule has 0 N–H and O–H groups in total. The molecule has 3 nitrogen and oxygen atoms in total.